The van der Waals surface area contributed by atoms with Crippen LogP contribution in [-0.2, 0) is 0 Å². The Morgan fingerprint density at radius 1 is 1.09 bits per heavy atom. The smallest absolute Gasteiger partial charge is 0.255 e. The second-order valence-electron chi connectivity index (χ2n) is 5.69. The summed E-state index contributed by atoms with van der Waals surface area (Å²) in [6, 6.07) is 13.8. The molecule has 5 heteroatoms. The number of anilines is 1. The predicted molar refractivity (Wildman–Crippen MR) is 98.4 cm³/mol. The molecule has 23 heavy (non-hydrogen) atoms. The molecule has 0 unspecified atom stereocenters. The van der Waals surface area contributed by atoms with Gasteiger partial charge in [-0.3, -0.25) is 4.79 Å². The summed E-state index contributed by atoms with van der Waals surface area (Å²) in [5, 5.41) is 0.491. The van der Waals surface area contributed by atoms with E-state index in [-0.39, 0.29) is 5.91 Å². The zero-order chi connectivity index (χ0) is 16.4. The molecule has 120 valence electrons. The number of rotatable bonds is 2. The molecule has 1 saturated heterocycles. The molecular weight excluding hydrogens is 376 g/mol. The number of benzene rings is 2. The van der Waals surface area contributed by atoms with Gasteiger partial charge in [-0.2, -0.15) is 0 Å². The minimum Gasteiger partial charge on any atom is -0.368 e. The zero-order valence-electron chi connectivity index (χ0n) is 12.9. The van der Waals surface area contributed by atoms with Crippen molar-refractivity contribution in [1.82, 2.24) is 4.90 Å². The second-order valence-corrected chi connectivity index (χ2v) is 7.01. The molecule has 0 spiro atoms. The fraction of sp³-hybridized carbons (Fsp3) is 0.278. The lowest BCUT2D eigenvalue weighted by molar-refractivity contribution is 0.0747. The summed E-state index contributed by atoms with van der Waals surface area (Å²) in [4.78, 5) is 16.9. The van der Waals surface area contributed by atoms with E-state index in [9.17, 15) is 4.79 Å². The average molecular weight is 394 g/mol. The van der Waals surface area contributed by atoms with Crippen molar-refractivity contribution in [3.05, 3.63) is 63.1 Å². The minimum absolute atomic E-state index is 0.00642. The fourth-order valence-corrected chi connectivity index (χ4v) is 3.66. The van der Waals surface area contributed by atoms with E-state index in [0.717, 1.165) is 17.6 Å². The zero-order valence-corrected chi connectivity index (χ0v) is 15.3. The lowest BCUT2D eigenvalue weighted by Crippen LogP contribution is -2.49. The van der Waals surface area contributed by atoms with Gasteiger partial charge in [-0.15, -0.1) is 0 Å². The number of piperazine rings is 1. The first-order valence-electron chi connectivity index (χ1n) is 7.61. The number of hydrogen-bond donors (Lipinski definition) is 0. The summed E-state index contributed by atoms with van der Waals surface area (Å²) in [6.45, 7) is 5.21. The quantitative estimate of drug-likeness (QED) is 0.756. The van der Waals surface area contributed by atoms with Crippen molar-refractivity contribution in [2.24, 2.45) is 0 Å². The first-order chi connectivity index (χ1) is 11.1. The Bertz CT molecular complexity index is 727. The van der Waals surface area contributed by atoms with Crippen LogP contribution < -0.4 is 4.90 Å². The van der Waals surface area contributed by atoms with Gasteiger partial charge in [0.1, 0.15) is 0 Å². The van der Waals surface area contributed by atoms with Crippen molar-refractivity contribution in [3.8, 4) is 0 Å². The van der Waals surface area contributed by atoms with Crippen molar-refractivity contribution in [1.29, 1.82) is 0 Å². The van der Waals surface area contributed by atoms with Crippen molar-refractivity contribution in [2.45, 2.75) is 6.92 Å². The first-order valence-corrected chi connectivity index (χ1v) is 8.78. The number of carbonyl (C=O) groups excluding carboxylic acids is 1. The van der Waals surface area contributed by atoms with Gasteiger partial charge in [0.05, 0.1) is 10.6 Å². The highest BCUT2D eigenvalue weighted by atomic mass is 79.9. The third-order valence-corrected chi connectivity index (χ3v) is 4.99. The van der Waals surface area contributed by atoms with Gasteiger partial charge in [-0.1, -0.05) is 45.7 Å². The Labute approximate surface area is 150 Å². The lowest BCUT2D eigenvalue weighted by Gasteiger charge is -2.37. The SMILES string of the molecule is Cc1ccccc1N1CCN(C(=O)c2ccc(Br)cc2Cl)CC1. The molecule has 1 heterocycles. The van der Waals surface area contributed by atoms with Crippen molar-refractivity contribution < 1.29 is 4.79 Å². The van der Waals surface area contributed by atoms with Gasteiger partial charge >= 0.3 is 0 Å². The Kier molecular flexibility index (Phi) is 4.93. The van der Waals surface area contributed by atoms with Gasteiger partial charge in [0.15, 0.2) is 0 Å². The van der Waals surface area contributed by atoms with Crippen molar-refractivity contribution in [3.63, 3.8) is 0 Å². The Morgan fingerprint density at radius 2 is 1.78 bits per heavy atom. The van der Waals surface area contributed by atoms with Crippen molar-refractivity contribution in [2.75, 3.05) is 31.1 Å². The van der Waals surface area contributed by atoms with E-state index in [1.165, 1.54) is 11.3 Å². The molecule has 1 aliphatic heterocycles. The highest BCUT2D eigenvalue weighted by molar-refractivity contribution is 9.10. The summed E-state index contributed by atoms with van der Waals surface area (Å²) < 4.78 is 0.878. The van der Waals surface area contributed by atoms with Crippen LogP contribution in [0.15, 0.2) is 46.9 Å². The third-order valence-electron chi connectivity index (χ3n) is 4.18. The summed E-state index contributed by atoms with van der Waals surface area (Å²) in [6.07, 6.45) is 0. The van der Waals surface area contributed by atoms with Crippen LogP contribution in [0.3, 0.4) is 0 Å². The molecule has 0 bridgehead atoms. The van der Waals surface area contributed by atoms with Gasteiger partial charge in [-0.25, -0.2) is 0 Å². The number of para-hydroxylation sites is 1. The largest absolute Gasteiger partial charge is 0.368 e. The maximum atomic E-state index is 12.6. The van der Waals surface area contributed by atoms with Gasteiger partial charge < -0.3 is 9.80 Å². The standard InChI is InChI=1S/C18H18BrClN2O/c1-13-4-2-3-5-17(13)21-8-10-22(11-9-21)18(23)15-7-6-14(19)12-16(15)20/h2-7,12H,8-11H2,1H3. The molecule has 0 aliphatic carbocycles. The van der Waals surface area contributed by atoms with E-state index in [0.29, 0.717) is 23.7 Å². The monoisotopic (exact) mass is 392 g/mol. The topological polar surface area (TPSA) is 23.6 Å². The van der Waals surface area contributed by atoms with Gasteiger partial charge in [0.2, 0.25) is 0 Å². The molecule has 1 aliphatic rings. The summed E-state index contributed by atoms with van der Waals surface area (Å²) in [5.41, 5.74) is 3.09. The summed E-state index contributed by atoms with van der Waals surface area (Å²) >= 11 is 9.57. The average Bonchev–Trinajstić information content (AvgIpc) is 2.55. The second kappa shape index (κ2) is 6.93. The molecule has 2 aromatic rings. The minimum atomic E-state index is 0.00642. The molecule has 1 amide bonds. The lowest BCUT2D eigenvalue weighted by atomic mass is 10.1. The highest BCUT2D eigenvalue weighted by Crippen LogP contribution is 2.25. The fourth-order valence-electron chi connectivity index (χ4n) is 2.90. The molecule has 3 rings (SSSR count). The maximum absolute atomic E-state index is 12.6. The van der Waals surface area contributed by atoms with E-state index in [1.54, 1.807) is 12.1 Å². The summed E-state index contributed by atoms with van der Waals surface area (Å²) in [5.74, 6) is 0.00642. The van der Waals surface area contributed by atoms with Crippen LogP contribution in [0.4, 0.5) is 5.69 Å². The Balaban J connectivity index is 1.69. The van der Waals surface area contributed by atoms with Gasteiger partial charge in [0.25, 0.3) is 5.91 Å². The predicted octanol–water partition coefficient (Wildman–Crippen LogP) is 4.37. The van der Waals surface area contributed by atoms with E-state index in [4.69, 9.17) is 11.6 Å². The summed E-state index contributed by atoms with van der Waals surface area (Å²) in [7, 11) is 0. The van der Waals surface area contributed by atoms with Crippen molar-refractivity contribution >= 4 is 39.1 Å². The normalized spacial score (nSPS) is 14.9. The number of hydrogen-bond acceptors (Lipinski definition) is 2. The van der Waals surface area contributed by atoms with Crippen LogP contribution in [0.2, 0.25) is 5.02 Å². The third kappa shape index (κ3) is 3.54. The van der Waals surface area contributed by atoms with Crippen LogP contribution in [0.25, 0.3) is 0 Å². The molecule has 3 nitrogen and oxygen atoms in total. The molecule has 0 N–H and O–H groups in total. The van der Waals surface area contributed by atoms with E-state index in [2.05, 4.69) is 46.0 Å². The van der Waals surface area contributed by atoms with Crippen LogP contribution in [0.1, 0.15) is 15.9 Å². The maximum Gasteiger partial charge on any atom is 0.255 e. The van der Waals surface area contributed by atoms with Gasteiger partial charge in [-0.05, 0) is 36.8 Å². The first kappa shape index (κ1) is 16.3. The van der Waals surface area contributed by atoms with Crippen LogP contribution in [-0.4, -0.2) is 37.0 Å². The molecule has 0 aromatic heterocycles. The van der Waals surface area contributed by atoms with E-state index < -0.39 is 0 Å². The highest BCUT2D eigenvalue weighted by Gasteiger charge is 2.24. The van der Waals surface area contributed by atoms with Crippen LogP contribution >= 0.6 is 27.5 Å². The van der Waals surface area contributed by atoms with Crippen LogP contribution in [0.5, 0.6) is 0 Å². The number of carbonyl (C=O) groups is 1. The number of halogens is 2. The molecular formula is C18H18BrClN2O. The number of aryl methyl sites for hydroxylation is 1. The molecule has 0 saturated carbocycles. The van der Waals surface area contributed by atoms with E-state index in [1.807, 2.05) is 17.0 Å². The number of nitrogens with zero attached hydrogens (tertiary/aromatic N) is 2. The molecule has 0 radical (unpaired) electrons. The molecule has 0 atom stereocenters. The van der Waals surface area contributed by atoms with Gasteiger partial charge in [0, 0.05) is 36.3 Å². The Hall–Kier alpha value is -1.52. The van der Waals surface area contributed by atoms with Crippen LogP contribution in [0, 0.1) is 6.92 Å². The molecule has 2 aromatic carbocycles. The number of amides is 1. The van der Waals surface area contributed by atoms with E-state index >= 15 is 0 Å². The Morgan fingerprint density at radius 3 is 2.43 bits per heavy atom. The molecule has 1 fully saturated rings.